The zero-order valence-corrected chi connectivity index (χ0v) is 23.3. The number of aliphatic hydroxyl groups is 1. The minimum absolute atomic E-state index is 0.0154. The van der Waals surface area contributed by atoms with Gasteiger partial charge in [0.25, 0.3) is 0 Å². The van der Waals surface area contributed by atoms with Crippen molar-refractivity contribution in [3.63, 3.8) is 0 Å². The van der Waals surface area contributed by atoms with Gasteiger partial charge in [-0.05, 0) is 32.3 Å². The Morgan fingerprint density at radius 2 is 2.08 bits per heavy atom. The first-order valence-electron chi connectivity index (χ1n) is 12.2. The summed E-state index contributed by atoms with van der Waals surface area (Å²) in [5.41, 5.74) is -0.674. The Kier molecular flexibility index (Phi) is 8.72. The molecule has 38 heavy (non-hydrogen) atoms. The summed E-state index contributed by atoms with van der Waals surface area (Å²) in [7, 11) is -3.61. The van der Waals surface area contributed by atoms with E-state index in [0.717, 1.165) is 6.08 Å². The number of thiazole rings is 1. The van der Waals surface area contributed by atoms with Crippen molar-refractivity contribution < 1.29 is 31.8 Å². The van der Waals surface area contributed by atoms with Crippen LogP contribution in [0.5, 0.6) is 0 Å². The topological polar surface area (TPSA) is 121 Å². The third-order valence-corrected chi connectivity index (χ3v) is 10.3. The van der Waals surface area contributed by atoms with Gasteiger partial charge < -0.3 is 15.2 Å². The second-order valence-electron chi connectivity index (χ2n) is 9.40. The summed E-state index contributed by atoms with van der Waals surface area (Å²) in [6, 6.07) is -1.03. The van der Waals surface area contributed by atoms with Crippen molar-refractivity contribution in [2.75, 3.05) is 32.1 Å². The van der Waals surface area contributed by atoms with Crippen molar-refractivity contribution in [3.8, 4) is 0 Å². The summed E-state index contributed by atoms with van der Waals surface area (Å²) >= 11 is 7.72. The second kappa shape index (κ2) is 11.5. The molecule has 2 atom stereocenters. The number of aliphatic hydroxyl groups excluding tert-OH is 1. The number of carbonyl (C=O) groups is 1. The highest BCUT2D eigenvalue weighted by Gasteiger charge is 2.49. The van der Waals surface area contributed by atoms with Crippen LogP contribution in [-0.4, -0.2) is 72.7 Å². The van der Waals surface area contributed by atoms with E-state index in [4.69, 9.17) is 26.4 Å². The average Bonchev–Trinajstić information content (AvgIpc) is 3.44. The summed E-state index contributed by atoms with van der Waals surface area (Å²) in [6.45, 7) is 3.25. The van der Waals surface area contributed by atoms with E-state index in [1.54, 1.807) is 25.4 Å². The molecular formula is C24H29ClF2N4O5S2. The highest BCUT2D eigenvalue weighted by Crippen LogP contribution is 2.50. The predicted octanol–water partition coefficient (Wildman–Crippen LogP) is 3.40. The summed E-state index contributed by atoms with van der Waals surface area (Å²) < 4.78 is 60.5. The standard InChI is InChI=1S/C24H29ClF2N4O5S2/c1-3-36-23(33)16-18(14-5-9-31(10-6-14)38(34,35)13-11-32)29-21(22-28-8-12-37-22)30-20(16)24(2)7-4-15(26)17(27)19(24)25/h4,8,12,14,20,32H,3,5-7,9-11,13H2,1-2H3,(H,29,30)/t20-,24?/m0/s1. The lowest BCUT2D eigenvalue weighted by atomic mass is 9.71. The average molecular weight is 591 g/mol. The molecule has 2 N–H and O–H groups in total. The van der Waals surface area contributed by atoms with Crippen LogP contribution in [0.3, 0.4) is 0 Å². The number of ether oxygens (including phenoxy) is 1. The third kappa shape index (κ3) is 5.44. The number of carbonyl (C=O) groups excluding carboxylic acids is 1. The molecule has 14 heteroatoms. The Morgan fingerprint density at radius 1 is 1.37 bits per heavy atom. The number of rotatable bonds is 8. The second-order valence-corrected chi connectivity index (χ2v) is 12.8. The number of aromatic nitrogens is 1. The fourth-order valence-electron chi connectivity index (χ4n) is 4.97. The molecule has 1 aromatic heterocycles. The van der Waals surface area contributed by atoms with Crippen molar-refractivity contribution in [3.05, 3.63) is 50.6 Å². The number of allylic oxidation sites excluding steroid dienone is 4. The molecule has 0 saturated carbocycles. The first-order valence-corrected chi connectivity index (χ1v) is 15.1. The lowest BCUT2D eigenvalue weighted by Crippen LogP contribution is -2.48. The van der Waals surface area contributed by atoms with Crippen LogP contribution in [0.4, 0.5) is 8.78 Å². The Labute approximate surface area is 229 Å². The zero-order valence-electron chi connectivity index (χ0n) is 20.9. The number of hydrogen-bond acceptors (Lipinski definition) is 9. The van der Waals surface area contributed by atoms with Crippen LogP contribution in [0, 0.1) is 11.3 Å². The maximum absolute atomic E-state index is 14.8. The normalized spacial score (nSPS) is 25.7. The van der Waals surface area contributed by atoms with E-state index in [9.17, 15) is 22.0 Å². The molecule has 208 valence electrons. The molecule has 1 aliphatic carbocycles. The van der Waals surface area contributed by atoms with Gasteiger partial charge in [0.15, 0.2) is 22.5 Å². The van der Waals surface area contributed by atoms with Gasteiger partial charge in [0.1, 0.15) is 0 Å². The lowest BCUT2D eigenvalue weighted by Gasteiger charge is -2.42. The van der Waals surface area contributed by atoms with Gasteiger partial charge in [-0.1, -0.05) is 18.5 Å². The zero-order chi connectivity index (χ0) is 27.7. The number of piperidine rings is 1. The largest absolute Gasteiger partial charge is 0.463 e. The molecule has 1 fully saturated rings. The van der Waals surface area contributed by atoms with E-state index in [1.165, 1.54) is 15.6 Å². The molecule has 0 amide bonds. The highest BCUT2D eigenvalue weighted by atomic mass is 35.5. The van der Waals surface area contributed by atoms with E-state index in [1.807, 2.05) is 0 Å². The first kappa shape index (κ1) is 28.8. The SMILES string of the molecule is CCOC(=O)C1=C(C2CCN(S(=O)(=O)CCO)CC2)NC(c2nccs2)=N[C@@H]1C1(C)CC=C(F)C(F)=C1Cl. The third-order valence-electron chi connectivity index (χ3n) is 7.02. The fourth-order valence-corrected chi connectivity index (χ4v) is 7.08. The molecule has 1 unspecified atom stereocenters. The number of sulfonamides is 1. The molecule has 3 heterocycles. The van der Waals surface area contributed by atoms with Crippen LogP contribution in [0.25, 0.3) is 0 Å². The molecule has 1 aromatic rings. The van der Waals surface area contributed by atoms with Crippen LogP contribution in [0.2, 0.25) is 0 Å². The van der Waals surface area contributed by atoms with Crippen molar-refractivity contribution in [1.82, 2.24) is 14.6 Å². The fraction of sp³-hybridized carbons (Fsp3) is 0.542. The molecule has 9 nitrogen and oxygen atoms in total. The van der Waals surface area contributed by atoms with Crippen LogP contribution in [0.15, 0.2) is 50.6 Å². The van der Waals surface area contributed by atoms with Gasteiger partial charge >= 0.3 is 5.97 Å². The molecule has 2 aliphatic heterocycles. The summed E-state index contributed by atoms with van der Waals surface area (Å²) in [5, 5.41) is 14.3. The molecule has 0 spiro atoms. The molecule has 0 radical (unpaired) electrons. The number of amidine groups is 1. The number of aliphatic imine (C=N–C) groups is 1. The Hall–Kier alpha value is -2.19. The molecular weight excluding hydrogens is 562 g/mol. The van der Waals surface area contributed by atoms with Crippen LogP contribution in [0.1, 0.15) is 38.1 Å². The van der Waals surface area contributed by atoms with Gasteiger partial charge in [0.2, 0.25) is 10.0 Å². The number of halogens is 3. The maximum atomic E-state index is 14.8. The molecule has 0 bridgehead atoms. The Balaban J connectivity index is 1.80. The van der Waals surface area contributed by atoms with Crippen LogP contribution >= 0.6 is 22.9 Å². The van der Waals surface area contributed by atoms with Gasteiger partial charge in [-0.3, -0.25) is 4.99 Å². The van der Waals surface area contributed by atoms with Crippen molar-refractivity contribution in [2.45, 2.75) is 39.2 Å². The van der Waals surface area contributed by atoms with Gasteiger partial charge in [-0.25, -0.2) is 31.3 Å². The van der Waals surface area contributed by atoms with E-state index in [0.29, 0.717) is 29.4 Å². The maximum Gasteiger partial charge on any atom is 0.338 e. The minimum atomic E-state index is -3.61. The quantitative estimate of drug-likeness (QED) is 0.445. The van der Waals surface area contributed by atoms with Crippen LogP contribution in [-0.2, 0) is 19.6 Å². The minimum Gasteiger partial charge on any atom is -0.463 e. The van der Waals surface area contributed by atoms with Crippen molar-refractivity contribution in [2.24, 2.45) is 16.3 Å². The van der Waals surface area contributed by atoms with Gasteiger partial charge in [-0.15, -0.1) is 11.3 Å². The van der Waals surface area contributed by atoms with Crippen molar-refractivity contribution in [1.29, 1.82) is 0 Å². The van der Waals surface area contributed by atoms with E-state index in [-0.39, 0.29) is 48.4 Å². The molecule has 1 saturated heterocycles. The summed E-state index contributed by atoms with van der Waals surface area (Å²) in [6.07, 6.45) is 3.42. The predicted molar refractivity (Wildman–Crippen MR) is 140 cm³/mol. The highest BCUT2D eigenvalue weighted by molar-refractivity contribution is 7.89. The molecule has 0 aromatic carbocycles. The Bertz CT molecular complexity index is 1300. The van der Waals surface area contributed by atoms with Gasteiger partial charge in [0, 0.05) is 41.7 Å². The Morgan fingerprint density at radius 3 is 2.68 bits per heavy atom. The molecule has 3 aliphatic rings. The van der Waals surface area contributed by atoms with Gasteiger partial charge in [-0.2, -0.15) is 0 Å². The lowest BCUT2D eigenvalue weighted by molar-refractivity contribution is -0.139. The van der Waals surface area contributed by atoms with Gasteiger partial charge in [0.05, 0.1) is 35.6 Å². The van der Waals surface area contributed by atoms with E-state index >= 15 is 0 Å². The number of hydrogen-bond donors (Lipinski definition) is 2. The summed E-state index contributed by atoms with van der Waals surface area (Å²) in [5.74, 6) is -3.24. The monoisotopic (exact) mass is 590 g/mol. The molecule has 4 rings (SSSR count). The number of esters is 1. The number of nitrogens with one attached hydrogen (secondary N) is 1. The van der Waals surface area contributed by atoms with E-state index in [2.05, 4.69) is 10.3 Å². The summed E-state index contributed by atoms with van der Waals surface area (Å²) in [4.78, 5) is 22.5. The first-order chi connectivity index (χ1) is 18.0. The smallest absolute Gasteiger partial charge is 0.338 e. The van der Waals surface area contributed by atoms with Crippen LogP contribution < -0.4 is 5.32 Å². The number of nitrogens with zero attached hydrogens (tertiary/aromatic N) is 3. The van der Waals surface area contributed by atoms with E-state index < -0.39 is 45.7 Å². The van der Waals surface area contributed by atoms with Crippen molar-refractivity contribution >= 4 is 44.8 Å².